The fourth-order valence-electron chi connectivity index (χ4n) is 12.5. The highest BCUT2D eigenvalue weighted by Crippen LogP contribution is 2.36. The van der Waals surface area contributed by atoms with Gasteiger partial charge >= 0.3 is 0 Å². The molecule has 7 N–H and O–H groups in total. The highest BCUT2D eigenvalue weighted by atomic mass is 35.5. The van der Waals surface area contributed by atoms with Gasteiger partial charge in [-0.25, -0.2) is 24.9 Å². The van der Waals surface area contributed by atoms with E-state index >= 15 is 0 Å². The summed E-state index contributed by atoms with van der Waals surface area (Å²) in [6.45, 7) is 12.8. The lowest BCUT2D eigenvalue weighted by molar-refractivity contribution is 0.395. The number of hydrogen-bond acceptors (Lipinski definition) is 21. The average Bonchev–Trinajstić information content (AvgIpc) is 0.775. The quantitative estimate of drug-likeness (QED) is 0.0615. The van der Waals surface area contributed by atoms with E-state index in [1.54, 1.807) is 81.6 Å². The van der Waals surface area contributed by atoms with Gasteiger partial charge in [-0.15, -0.1) is 0 Å². The summed E-state index contributed by atoms with van der Waals surface area (Å²) in [5.41, 5.74) is 29.1. The van der Waals surface area contributed by atoms with Gasteiger partial charge in [-0.2, -0.15) is 4.98 Å². The standard InChI is InChI=1S/C26H28ClN7O.C21H18ClN5O2S.C21H18ClN5OS.C6H14N2/c1-3-34-24-17(14-31-26(33-24)32-19-7-5-18(28)6-8-19)12-21(25(34)35)20-9-4-16(13-22(20)27)23-15(2)29-10-11-30-23;1-4-27-19-14(11-25-21(26-19)30(3)29)9-16(20(27)28)15-6-5-13(10-17(15)22)18-12(2)23-7-8-24-18;1-4-27-19-14(11-25-21(26-19)29-3)9-16(20(27)28)15-6-5-13(10-17(15)22)18-12(2)23-7-8-24-18;7-5-1-2-6(8)4-3-5/h4,9-14,18-19H,3,5-8,28H2,1-2H3,(H,31,32,33);5-11H,4H2,1-3H3;5-11H,4H2,1-3H3;5-6H,1-4,7-8H2. The van der Waals surface area contributed by atoms with Crippen LogP contribution in [0.1, 0.15) is 89.2 Å². The number of nitrogens with zero attached hydrogens (tertiary/aromatic N) is 15. The van der Waals surface area contributed by atoms with Gasteiger partial charge in [-0.3, -0.25) is 62.2 Å². The largest absolute Gasteiger partial charge is 0.351 e. The minimum absolute atomic E-state index is 0.129. The summed E-state index contributed by atoms with van der Waals surface area (Å²) in [5, 5.41) is 7.88. The summed E-state index contributed by atoms with van der Waals surface area (Å²) in [7, 11) is -1.34. The van der Waals surface area contributed by atoms with E-state index in [1.807, 2.05) is 108 Å². The molecule has 2 aliphatic rings. The van der Waals surface area contributed by atoms with E-state index in [-0.39, 0.29) is 27.9 Å². The molecule has 102 heavy (non-hydrogen) atoms. The van der Waals surface area contributed by atoms with Crippen LogP contribution in [0.2, 0.25) is 15.1 Å². The number of nitrogens with one attached hydrogen (secondary N) is 1. The molecule has 1 unspecified atom stereocenters. The molecule has 0 aliphatic heterocycles. The first-order chi connectivity index (χ1) is 49.2. The van der Waals surface area contributed by atoms with Crippen LogP contribution in [0.5, 0.6) is 0 Å². The highest BCUT2D eigenvalue weighted by molar-refractivity contribution is 7.98. The molecule has 0 spiro atoms. The zero-order chi connectivity index (χ0) is 72.5. The number of pyridine rings is 3. The van der Waals surface area contributed by atoms with E-state index in [2.05, 4.69) is 60.1 Å². The number of halogens is 3. The van der Waals surface area contributed by atoms with E-state index in [4.69, 9.17) is 57.0 Å². The van der Waals surface area contributed by atoms with Crippen LogP contribution in [0.25, 0.3) is 100 Å². The zero-order valence-electron chi connectivity index (χ0n) is 57.7. The molecule has 1 atom stereocenters. The molecule has 0 bridgehead atoms. The van der Waals surface area contributed by atoms with E-state index in [1.165, 1.54) is 18.0 Å². The van der Waals surface area contributed by atoms with E-state index in [0.717, 1.165) is 113 Å². The molecule has 526 valence electrons. The molecule has 0 amide bonds. The fourth-order valence-corrected chi connectivity index (χ4v) is 14.1. The van der Waals surface area contributed by atoms with Crippen molar-refractivity contribution in [1.82, 2.24) is 73.5 Å². The van der Waals surface area contributed by atoms with Gasteiger partial charge in [-0.05, 0) is 136 Å². The Labute approximate surface area is 611 Å². The number of benzene rings is 3. The van der Waals surface area contributed by atoms with Crippen molar-refractivity contribution >= 4 is 96.4 Å². The van der Waals surface area contributed by atoms with Crippen LogP contribution < -0.4 is 39.2 Å². The van der Waals surface area contributed by atoms with Crippen LogP contribution in [0.4, 0.5) is 5.95 Å². The molecule has 28 heteroatoms. The lowest BCUT2D eigenvalue weighted by Crippen LogP contribution is -2.33. The topological polar surface area (TPSA) is 328 Å². The molecule has 9 aromatic heterocycles. The van der Waals surface area contributed by atoms with Gasteiger partial charge in [0.15, 0.2) is 5.16 Å². The van der Waals surface area contributed by atoms with E-state index in [9.17, 15) is 18.6 Å². The smallest absolute Gasteiger partial charge is 0.260 e. The number of fused-ring (bicyclic) bond motifs is 3. The Hall–Kier alpha value is -9.18. The normalized spacial score (nSPS) is 16.1. The van der Waals surface area contributed by atoms with Gasteiger partial charge < -0.3 is 22.5 Å². The second-order valence-corrected chi connectivity index (χ2v) is 28.1. The molecule has 14 rings (SSSR count). The van der Waals surface area contributed by atoms with Crippen molar-refractivity contribution in [3.05, 3.63) is 192 Å². The Morgan fingerprint density at radius 1 is 0.461 bits per heavy atom. The minimum Gasteiger partial charge on any atom is -0.351 e. The number of thioether (sulfide) groups is 1. The Bertz CT molecular complexity index is 5290. The number of hydrogen-bond donors (Lipinski definition) is 4. The summed E-state index contributed by atoms with van der Waals surface area (Å²) >= 11 is 21.3. The first kappa shape index (κ1) is 74.0. The second kappa shape index (κ2) is 33.3. The van der Waals surface area contributed by atoms with Crippen LogP contribution in [-0.2, 0) is 30.4 Å². The van der Waals surface area contributed by atoms with Crippen LogP contribution in [0, 0.1) is 20.8 Å². The second-order valence-electron chi connectivity index (χ2n) is 24.8. The predicted molar refractivity (Wildman–Crippen MR) is 409 cm³/mol. The van der Waals surface area contributed by atoms with Gasteiger partial charge in [0.1, 0.15) is 16.9 Å². The third-order valence-corrected chi connectivity index (χ3v) is 20.2. The van der Waals surface area contributed by atoms with Gasteiger partial charge in [0, 0.05) is 187 Å². The average molecular weight is 1470 g/mol. The summed E-state index contributed by atoms with van der Waals surface area (Å²) in [6.07, 6.45) is 26.8. The maximum absolute atomic E-state index is 13.5. The SMILES string of the molecule is CCn1c(=O)c(-c2ccc(-c3nccnc3C)cc2Cl)cc2cnc(NC3CCC(N)CC3)nc21.CCn1c(=O)c(-c2ccc(-c3nccnc3C)cc2Cl)cc2cnc(S(C)=O)nc21.CCn1c(=O)c(-c2ccc(-c3nccnc3C)cc2Cl)cc2cnc(SC)nc21.NC1CCC(N)CC1. The summed E-state index contributed by atoms with van der Waals surface area (Å²) in [6, 6.07) is 23.5. The van der Waals surface area contributed by atoms with Crippen LogP contribution >= 0.6 is 46.6 Å². The van der Waals surface area contributed by atoms with Crippen LogP contribution in [0.15, 0.2) is 153 Å². The lowest BCUT2D eigenvalue weighted by atomic mass is 9.92. The first-order valence-corrected chi connectivity index (χ1v) is 37.4. The molecule has 0 saturated heterocycles. The Kier molecular flexibility index (Phi) is 24.2. The van der Waals surface area contributed by atoms with Crippen LogP contribution in [0.3, 0.4) is 0 Å². The molecule has 9 heterocycles. The molecular formula is C74H78Cl3N19O4S2. The van der Waals surface area contributed by atoms with Crippen molar-refractivity contribution in [3.8, 4) is 67.2 Å². The van der Waals surface area contributed by atoms with Crippen LogP contribution in [-0.4, -0.2) is 114 Å². The zero-order valence-corrected chi connectivity index (χ0v) is 61.6. The monoisotopic (exact) mass is 1470 g/mol. The fraction of sp³-hybridized carbons (Fsp3) is 0.311. The van der Waals surface area contributed by atoms with Crippen molar-refractivity contribution in [2.24, 2.45) is 17.2 Å². The molecule has 12 aromatic rings. The first-order valence-electron chi connectivity index (χ1n) is 33.5. The number of nitrogens with two attached hydrogens (primary N) is 3. The van der Waals surface area contributed by atoms with Gasteiger partial charge in [-0.1, -0.05) is 83.0 Å². The van der Waals surface area contributed by atoms with Gasteiger partial charge in [0.05, 0.1) is 45.0 Å². The van der Waals surface area contributed by atoms with E-state index in [0.29, 0.717) is 120 Å². The third kappa shape index (κ3) is 16.6. The Morgan fingerprint density at radius 2 is 0.804 bits per heavy atom. The number of aromatic nitrogens is 15. The molecule has 2 saturated carbocycles. The van der Waals surface area contributed by atoms with E-state index < -0.39 is 10.8 Å². The number of anilines is 1. The predicted octanol–water partition coefficient (Wildman–Crippen LogP) is 13.0. The highest BCUT2D eigenvalue weighted by Gasteiger charge is 2.23. The summed E-state index contributed by atoms with van der Waals surface area (Å²) in [4.78, 5) is 92.5. The molecule has 3 aromatic carbocycles. The van der Waals surface area contributed by atoms with Crippen molar-refractivity contribution < 1.29 is 4.21 Å². The van der Waals surface area contributed by atoms with Crippen molar-refractivity contribution in [2.45, 2.75) is 147 Å². The number of aryl methyl sites for hydroxylation is 6. The minimum atomic E-state index is -1.34. The maximum atomic E-state index is 13.5. The van der Waals surface area contributed by atoms with Crippen molar-refractivity contribution in [1.29, 1.82) is 0 Å². The molecule has 2 aliphatic carbocycles. The molecule has 2 fully saturated rings. The Balaban J connectivity index is 0.000000146. The maximum Gasteiger partial charge on any atom is 0.260 e. The third-order valence-electron chi connectivity index (χ3n) is 18.0. The van der Waals surface area contributed by atoms with Crippen molar-refractivity contribution in [2.75, 3.05) is 17.8 Å². The number of rotatable bonds is 13. The molecular weight excluding hydrogens is 1390 g/mol. The lowest BCUT2D eigenvalue weighted by Gasteiger charge is -2.26. The summed E-state index contributed by atoms with van der Waals surface area (Å²) in [5.74, 6) is 0.536. The van der Waals surface area contributed by atoms with Crippen molar-refractivity contribution in [3.63, 3.8) is 0 Å². The van der Waals surface area contributed by atoms with Gasteiger partial charge in [0.25, 0.3) is 16.7 Å². The molecule has 23 nitrogen and oxygen atoms in total. The Morgan fingerprint density at radius 3 is 1.16 bits per heavy atom. The molecule has 0 radical (unpaired) electrons. The van der Waals surface area contributed by atoms with Gasteiger partial charge in [0.2, 0.25) is 11.1 Å². The summed E-state index contributed by atoms with van der Waals surface area (Å²) < 4.78 is 16.6.